The minimum atomic E-state index is -0.478. The molecule has 0 bridgehead atoms. The van der Waals surface area contributed by atoms with Gasteiger partial charge in [-0.05, 0) is 30.5 Å². The molecule has 0 aliphatic heterocycles. The highest BCUT2D eigenvalue weighted by molar-refractivity contribution is 5.53. The van der Waals surface area contributed by atoms with Crippen molar-refractivity contribution < 1.29 is 9.66 Å². The Bertz CT molecular complexity index is 626. The fourth-order valence-corrected chi connectivity index (χ4v) is 1.72. The third-order valence-electron chi connectivity index (χ3n) is 2.92. The molecule has 106 valence electrons. The van der Waals surface area contributed by atoms with Gasteiger partial charge in [0.05, 0.1) is 18.1 Å². The van der Waals surface area contributed by atoms with Gasteiger partial charge in [0, 0.05) is 12.1 Å². The average molecular weight is 278 g/mol. The Balaban J connectivity index is 2.59. The van der Waals surface area contributed by atoms with E-state index in [0.717, 1.165) is 0 Å². The molecule has 1 unspecified atom stereocenters. The van der Waals surface area contributed by atoms with Gasteiger partial charge in [-0.2, -0.15) is 4.68 Å². The number of nitro groups is 1. The molecule has 0 amide bonds. The van der Waals surface area contributed by atoms with Crippen LogP contribution in [-0.2, 0) is 0 Å². The predicted molar refractivity (Wildman–Crippen MR) is 69.8 cm³/mol. The number of nitrogens with zero attached hydrogens (tertiary/aromatic N) is 5. The lowest BCUT2D eigenvalue weighted by molar-refractivity contribution is -0.384. The maximum absolute atomic E-state index is 10.9. The van der Waals surface area contributed by atoms with Crippen molar-refractivity contribution in [2.45, 2.75) is 13.0 Å². The third kappa shape index (κ3) is 2.43. The van der Waals surface area contributed by atoms with Crippen molar-refractivity contribution in [3.8, 4) is 11.4 Å². The molecule has 1 heterocycles. The molecule has 0 spiro atoms. The number of ether oxygens (including phenoxy) is 1. The highest BCUT2D eigenvalue weighted by atomic mass is 16.6. The van der Waals surface area contributed by atoms with Crippen molar-refractivity contribution in [2.75, 3.05) is 14.2 Å². The fourth-order valence-electron chi connectivity index (χ4n) is 1.72. The largest absolute Gasteiger partial charge is 0.494 e. The molecule has 2 aromatic rings. The predicted octanol–water partition coefficient (Wildman–Crippen LogP) is 0.859. The van der Waals surface area contributed by atoms with Crippen LogP contribution in [-0.4, -0.2) is 39.3 Å². The molecule has 1 aromatic heterocycles. The SMILES string of the molecule is CNC(C)c1nnnn1-c1cc([N+](=O)[O-])ccc1OC. The Morgan fingerprint density at radius 3 is 2.85 bits per heavy atom. The van der Waals surface area contributed by atoms with Crippen LogP contribution in [0.25, 0.3) is 5.69 Å². The van der Waals surface area contributed by atoms with E-state index in [2.05, 4.69) is 20.8 Å². The lowest BCUT2D eigenvalue weighted by Gasteiger charge is -2.12. The first kappa shape index (κ1) is 13.9. The minimum Gasteiger partial charge on any atom is -0.494 e. The van der Waals surface area contributed by atoms with Gasteiger partial charge in [0.1, 0.15) is 11.4 Å². The van der Waals surface area contributed by atoms with Gasteiger partial charge in [-0.25, -0.2) is 0 Å². The number of hydrogen-bond donors (Lipinski definition) is 1. The van der Waals surface area contributed by atoms with E-state index in [-0.39, 0.29) is 11.7 Å². The molecule has 2 rings (SSSR count). The van der Waals surface area contributed by atoms with Crippen LogP contribution < -0.4 is 10.1 Å². The van der Waals surface area contributed by atoms with Crippen LogP contribution >= 0.6 is 0 Å². The summed E-state index contributed by atoms with van der Waals surface area (Å²) in [6, 6.07) is 4.15. The number of nitro benzene ring substituents is 1. The molecule has 9 nitrogen and oxygen atoms in total. The van der Waals surface area contributed by atoms with E-state index in [9.17, 15) is 10.1 Å². The molecule has 1 atom stereocenters. The topological polar surface area (TPSA) is 108 Å². The zero-order chi connectivity index (χ0) is 14.7. The van der Waals surface area contributed by atoms with Gasteiger partial charge in [0.2, 0.25) is 0 Å². The summed E-state index contributed by atoms with van der Waals surface area (Å²) in [4.78, 5) is 10.4. The minimum absolute atomic E-state index is 0.0561. The first-order valence-corrected chi connectivity index (χ1v) is 5.86. The van der Waals surface area contributed by atoms with Crippen molar-refractivity contribution in [1.82, 2.24) is 25.5 Å². The molecule has 0 radical (unpaired) electrons. The Morgan fingerprint density at radius 1 is 1.50 bits per heavy atom. The van der Waals surface area contributed by atoms with Gasteiger partial charge in [-0.3, -0.25) is 10.1 Å². The van der Waals surface area contributed by atoms with Crippen LogP contribution in [0.5, 0.6) is 5.75 Å². The summed E-state index contributed by atoms with van der Waals surface area (Å²) in [6.07, 6.45) is 0. The molecule has 1 N–H and O–H groups in total. The van der Waals surface area contributed by atoms with E-state index in [4.69, 9.17) is 4.74 Å². The highest BCUT2D eigenvalue weighted by Gasteiger charge is 2.19. The second-order valence-corrected chi connectivity index (χ2v) is 4.07. The zero-order valence-corrected chi connectivity index (χ0v) is 11.3. The smallest absolute Gasteiger partial charge is 0.271 e. The number of rotatable bonds is 5. The van der Waals surface area contributed by atoms with Crippen molar-refractivity contribution in [3.05, 3.63) is 34.1 Å². The van der Waals surface area contributed by atoms with E-state index in [1.165, 1.54) is 30.0 Å². The zero-order valence-electron chi connectivity index (χ0n) is 11.3. The molecule has 1 aromatic carbocycles. The second kappa shape index (κ2) is 5.61. The maximum atomic E-state index is 10.9. The van der Waals surface area contributed by atoms with Crippen LogP contribution in [0.2, 0.25) is 0 Å². The van der Waals surface area contributed by atoms with Crippen molar-refractivity contribution in [1.29, 1.82) is 0 Å². The first-order valence-electron chi connectivity index (χ1n) is 5.86. The summed E-state index contributed by atoms with van der Waals surface area (Å²) in [5.41, 5.74) is 0.364. The standard InChI is InChI=1S/C11H14N6O3/c1-7(12-2)11-13-14-15-16(11)9-6-8(17(18)19)4-5-10(9)20-3/h4-7,12H,1-3H3. The fraction of sp³-hybridized carbons (Fsp3) is 0.364. The van der Waals surface area contributed by atoms with E-state index < -0.39 is 4.92 Å². The van der Waals surface area contributed by atoms with E-state index in [1.807, 2.05) is 6.92 Å². The number of nitrogens with one attached hydrogen (secondary N) is 1. The molecular weight excluding hydrogens is 264 g/mol. The summed E-state index contributed by atoms with van der Waals surface area (Å²) in [7, 11) is 3.25. The Hall–Kier alpha value is -2.55. The summed E-state index contributed by atoms with van der Waals surface area (Å²) in [5, 5.41) is 25.3. The van der Waals surface area contributed by atoms with Crippen LogP contribution in [0.15, 0.2) is 18.2 Å². The summed E-state index contributed by atoms with van der Waals surface area (Å²) in [5.74, 6) is 0.985. The second-order valence-electron chi connectivity index (χ2n) is 4.07. The van der Waals surface area contributed by atoms with Gasteiger partial charge in [-0.1, -0.05) is 0 Å². The van der Waals surface area contributed by atoms with Gasteiger partial charge in [0.25, 0.3) is 5.69 Å². The summed E-state index contributed by atoms with van der Waals surface area (Å²) >= 11 is 0. The Morgan fingerprint density at radius 2 is 2.25 bits per heavy atom. The Labute approximate surface area is 114 Å². The van der Waals surface area contributed by atoms with E-state index in [1.54, 1.807) is 7.05 Å². The molecule has 0 aliphatic rings. The van der Waals surface area contributed by atoms with Crippen molar-refractivity contribution in [2.24, 2.45) is 0 Å². The monoisotopic (exact) mass is 278 g/mol. The number of non-ortho nitro benzene ring substituents is 1. The maximum Gasteiger partial charge on any atom is 0.271 e. The quantitative estimate of drug-likeness (QED) is 0.638. The molecule has 0 fully saturated rings. The van der Waals surface area contributed by atoms with Crippen LogP contribution in [0.1, 0.15) is 18.8 Å². The third-order valence-corrected chi connectivity index (χ3v) is 2.92. The molecule has 0 saturated heterocycles. The van der Waals surface area contributed by atoms with Gasteiger partial charge in [-0.15, -0.1) is 5.10 Å². The molecule has 20 heavy (non-hydrogen) atoms. The normalized spacial score (nSPS) is 12.2. The average Bonchev–Trinajstić information content (AvgIpc) is 2.94. The number of methoxy groups -OCH3 is 1. The van der Waals surface area contributed by atoms with Gasteiger partial charge >= 0.3 is 0 Å². The first-order chi connectivity index (χ1) is 9.58. The van der Waals surface area contributed by atoms with Crippen LogP contribution in [0, 0.1) is 10.1 Å². The summed E-state index contributed by atoms with van der Waals surface area (Å²) < 4.78 is 6.64. The number of benzene rings is 1. The van der Waals surface area contributed by atoms with Gasteiger partial charge in [0.15, 0.2) is 5.82 Å². The van der Waals surface area contributed by atoms with E-state index in [0.29, 0.717) is 17.3 Å². The number of tetrazole rings is 1. The molecule has 9 heteroatoms. The lowest BCUT2D eigenvalue weighted by Crippen LogP contribution is -2.18. The lowest BCUT2D eigenvalue weighted by atomic mass is 10.2. The molecule has 0 saturated carbocycles. The van der Waals surface area contributed by atoms with Crippen LogP contribution in [0.3, 0.4) is 0 Å². The summed E-state index contributed by atoms with van der Waals surface area (Å²) in [6.45, 7) is 1.88. The van der Waals surface area contributed by atoms with Gasteiger partial charge < -0.3 is 10.1 Å². The van der Waals surface area contributed by atoms with Crippen molar-refractivity contribution in [3.63, 3.8) is 0 Å². The highest BCUT2D eigenvalue weighted by Crippen LogP contribution is 2.28. The van der Waals surface area contributed by atoms with Crippen molar-refractivity contribution >= 4 is 5.69 Å². The number of aromatic nitrogens is 4. The number of hydrogen-bond acceptors (Lipinski definition) is 7. The van der Waals surface area contributed by atoms with E-state index >= 15 is 0 Å². The molecule has 0 aliphatic carbocycles. The Kier molecular flexibility index (Phi) is 3.89. The van der Waals surface area contributed by atoms with Crippen LogP contribution in [0.4, 0.5) is 5.69 Å². The molecular formula is C11H14N6O3.